The van der Waals surface area contributed by atoms with Crippen LogP contribution in [-0.4, -0.2) is 37.7 Å². The number of nitrogens with one attached hydrogen (secondary N) is 1. The Balaban J connectivity index is 1.66. The third kappa shape index (κ3) is 4.65. The van der Waals surface area contributed by atoms with Crippen LogP contribution >= 0.6 is 34.5 Å². The molecule has 0 bridgehead atoms. The van der Waals surface area contributed by atoms with Gasteiger partial charge in [-0.05, 0) is 35.4 Å². The molecule has 2 aromatic carbocycles. The molecular formula is C25H18Cl2N4O4S. The monoisotopic (exact) mass is 540 g/mol. The number of fused-ring (bicyclic) bond motifs is 1. The van der Waals surface area contributed by atoms with Crippen molar-refractivity contribution < 1.29 is 14.7 Å². The number of halogens is 2. The summed E-state index contributed by atoms with van der Waals surface area (Å²) in [4.78, 5) is 44.6. The zero-order valence-electron chi connectivity index (χ0n) is 18.6. The molecular weight excluding hydrogens is 523 g/mol. The summed E-state index contributed by atoms with van der Waals surface area (Å²) in [6.07, 6.45) is -0.282. The Kier molecular flexibility index (Phi) is 6.61. The van der Waals surface area contributed by atoms with Crippen LogP contribution in [0.1, 0.15) is 36.4 Å². The lowest BCUT2D eigenvalue weighted by Crippen LogP contribution is -2.27. The number of carboxylic acid groups (broad SMARTS) is 1. The number of H-pyrrole nitrogens is 1. The van der Waals surface area contributed by atoms with Gasteiger partial charge in [0.25, 0.3) is 5.56 Å². The SMILES string of the molecule is O=C(O)CCC(=O)N1N=C(c2c(-c3ccc(Cl)cc3)c3scnc3[nH]c2=O)C[C@H]1c1ccc(Cl)cc1. The maximum absolute atomic E-state index is 13.4. The van der Waals surface area contributed by atoms with Gasteiger partial charge in [0.05, 0.1) is 33.9 Å². The van der Waals surface area contributed by atoms with E-state index in [0.717, 1.165) is 15.8 Å². The third-order valence-electron chi connectivity index (χ3n) is 5.90. The minimum atomic E-state index is -1.08. The van der Waals surface area contributed by atoms with Crippen LogP contribution in [0.25, 0.3) is 21.5 Å². The van der Waals surface area contributed by atoms with E-state index in [4.69, 9.17) is 28.3 Å². The van der Waals surface area contributed by atoms with Crippen molar-refractivity contribution >= 4 is 62.5 Å². The summed E-state index contributed by atoms with van der Waals surface area (Å²) in [5.41, 5.74) is 4.66. The molecule has 0 radical (unpaired) electrons. The summed E-state index contributed by atoms with van der Waals surface area (Å²) in [6.45, 7) is 0. The number of carbonyl (C=O) groups excluding carboxylic acids is 1. The number of aromatic amines is 1. The summed E-state index contributed by atoms with van der Waals surface area (Å²) >= 11 is 13.5. The van der Waals surface area contributed by atoms with Crippen molar-refractivity contribution in [3.8, 4) is 11.1 Å². The highest BCUT2D eigenvalue weighted by Crippen LogP contribution is 2.38. The van der Waals surface area contributed by atoms with Gasteiger partial charge in [-0.25, -0.2) is 9.99 Å². The van der Waals surface area contributed by atoms with Crippen molar-refractivity contribution in [3.05, 3.63) is 85.6 Å². The van der Waals surface area contributed by atoms with E-state index in [1.165, 1.54) is 16.3 Å². The number of carbonyl (C=O) groups is 2. The first-order valence-corrected chi connectivity index (χ1v) is 12.6. The number of amides is 1. The van der Waals surface area contributed by atoms with Crippen molar-refractivity contribution in [2.24, 2.45) is 5.10 Å². The molecule has 1 amide bonds. The van der Waals surface area contributed by atoms with E-state index in [0.29, 0.717) is 32.5 Å². The molecule has 0 saturated carbocycles. The van der Waals surface area contributed by atoms with Crippen LogP contribution in [0, 0.1) is 0 Å². The molecule has 1 atom stereocenters. The molecule has 0 unspecified atom stereocenters. The third-order valence-corrected chi connectivity index (χ3v) is 7.25. The van der Waals surface area contributed by atoms with Crippen molar-refractivity contribution in [2.75, 3.05) is 0 Å². The first kappa shape index (κ1) is 24.2. The first-order valence-electron chi connectivity index (χ1n) is 10.9. The average Bonchev–Trinajstić information content (AvgIpc) is 3.50. The molecule has 11 heteroatoms. The number of hydrogen-bond acceptors (Lipinski definition) is 6. The lowest BCUT2D eigenvalue weighted by molar-refractivity contribution is -0.141. The molecule has 1 aliphatic heterocycles. The highest BCUT2D eigenvalue weighted by molar-refractivity contribution is 7.17. The number of rotatable bonds is 6. The van der Waals surface area contributed by atoms with E-state index in [2.05, 4.69) is 15.1 Å². The molecule has 0 fully saturated rings. The Morgan fingerprint density at radius 3 is 2.36 bits per heavy atom. The summed E-state index contributed by atoms with van der Waals surface area (Å²) in [5, 5.41) is 16.0. The van der Waals surface area contributed by atoms with Crippen LogP contribution in [0.2, 0.25) is 10.0 Å². The molecule has 3 heterocycles. The molecule has 5 rings (SSSR count). The van der Waals surface area contributed by atoms with Gasteiger partial charge in [-0.15, -0.1) is 11.3 Å². The Morgan fingerprint density at radius 2 is 1.69 bits per heavy atom. The fourth-order valence-corrected chi connectivity index (χ4v) is 5.31. The summed E-state index contributed by atoms with van der Waals surface area (Å²) < 4.78 is 0.772. The van der Waals surface area contributed by atoms with Gasteiger partial charge in [-0.1, -0.05) is 47.5 Å². The van der Waals surface area contributed by atoms with Crippen LogP contribution in [0.15, 0.2) is 63.9 Å². The standard InChI is InChI=1S/C25H18Cl2N4O4S/c26-15-5-1-13(2-6-15)18-11-17(30-31(18)19(32)9-10-20(33)34)22-21(14-3-7-16(27)8-4-14)23-24(28-12-36-23)29-25(22)35/h1-8,12,18H,9-11H2,(H,29,35)(H,33,34)/t18-/m0/s1. The normalized spacial score (nSPS) is 15.3. The van der Waals surface area contributed by atoms with Gasteiger partial charge in [0.15, 0.2) is 5.65 Å². The highest BCUT2D eigenvalue weighted by Gasteiger charge is 2.35. The zero-order chi connectivity index (χ0) is 25.4. The molecule has 182 valence electrons. The second kappa shape index (κ2) is 9.85. The zero-order valence-corrected chi connectivity index (χ0v) is 20.9. The fourth-order valence-electron chi connectivity index (χ4n) is 4.24. The Morgan fingerprint density at radius 1 is 1.03 bits per heavy atom. The molecule has 4 aromatic rings. The summed E-state index contributed by atoms with van der Waals surface area (Å²) in [6, 6.07) is 13.6. The quantitative estimate of drug-likeness (QED) is 0.335. The molecule has 0 spiro atoms. The second-order valence-corrected chi connectivity index (χ2v) is 9.92. The lowest BCUT2D eigenvalue weighted by atomic mass is 9.93. The van der Waals surface area contributed by atoms with Gasteiger partial charge >= 0.3 is 5.97 Å². The minimum Gasteiger partial charge on any atom is -0.481 e. The number of hydrazone groups is 1. The van der Waals surface area contributed by atoms with Gasteiger partial charge < -0.3 is 10.1 Å². The highest BCUT2D eigenvalue weighted by atomic mass is 35.5. The number of pyridine rings is 1. The second-order valence-electron chi connectivity index (χ2n) is 8.19. The van der Waals surface area contributed by atoms with Gasteiger partial charge in [0, 0.05) is 28.5 Å². The molecule has 2 aromatic heterocycles. The van der Waals surface area contributed by atoms with E-state index in [-0.39, 0.29) is 24.8 Å². The van der Waals surface area contributed by atoms with Crippen molar-refractivity contribution in [2.45, 2.75) is 25.3 Å². The molecule has 0 saturated heterocycles. The maximum Gasteiger partial charge on any atom is 0.303 e. The Bertz CT molecular complexity index is 1560. The lowest BCUT2D eigenvalue weighted by Gasteiger charge is -2.22. The van der Waals surface area contributed by atoms with E-state index in [1.54, 1.807) is 41.9 Å². The predicted octanol–water partition coefficient (Wildman–Crippen LogP) is 5.50. The molecule has 8 nitrogen and oxygen atoms in total. The maximum atomic E-state index is 13.4. The smallest absolute Gasteiger partial charge is 0.303 e. The van der Waals surface area contributed by atoms with Gasteiger partial charge in [0.1, 0.15) is 0 Å². The topological polar surface area (TPSA) is 116 Å². The number of nitrogens with zero attached hydrogens (tertiary/aromatic N) is 3. The fraction of sp³-hybridized carbons (Fsp3) is 0.160. The first-order chi connectivity index (χ1) is 17.3. The van der Waals surface area contributed by atoms with Gasteiger partial charge in [0.2, 0.25) is 5.91 Å². The summed E-state index contributed by atoms with van der Waals surface area (Å²) in [7, 11) is 0. The minimum absolute atomic E-state index is 0.218. The Labute approximate surface area is 218 Å². The number of aliphatic carboxylic acids is 1. The van der Waals surface area contributed by atoms with Crippen molar-refractivity contribution in [1.82, 2.24) is 15.0 Å². The number of aromatic nitrogens is 2. The van der Waals surface area contributed by atoms with Crippen LogP contribution in [0.4, 0.5) is 0 Å². The van der Waals surface area contributed by atoms with Crippen LogP contribution < -0.4 is 5.56 Å². The summed E-state index contributed by atoms with van der Waals surface area (Å²) in [5.74, 6) is -1.53. The van der Waals surface area contributed by atoms with Crippen LogP contribution in [0.3, 0.4) is 0 Å². The molecule has 1 aliphatic rings. The Hall–Kier alpha value is -3.53. The number of thiazole rings is 1. The average molecular weight is 541 g/mol. The molecule has 0 aliphatic carbocycles. The number of carboxylic acids is 1. The van der Waals surface area contributed by atoms with E-state index in [1.807, 2.05) is 12.1 Å². The van der Waals surface area contributed by atoms with Gasteiger partial charge in [-0.3, -0.25) is 14.4 Å². The van der Waals surface area contributed by atoms with Gasteiger partial charge in [-0.2, -0.15) is 5.10 Å². The molecule has 2 N–H and O–H groups in total. The van der Waals surface area contributed by atoms with E-state index < -0.39 is 17.9 Å². The van der Waals surface area contributed by atoms with E-state index in [9.17, 15) is 14.4 Å². The van der Waals surface area contributed by atoms with E-state index >= 15 is 0 Å². The predicted molar refractivity (Wildman–Crippen MR) is 140 cm³/mol. The molecule has 36 heavy (non-hydrogen) atoms. The van der Waals surface area contributed by atoms with Crippen LogP contribution in [0.5, 0.6) is 0 Å². The number of hydrogen-bond donors (Lipinski definition) is 2. The van der Waals surface area contributed by atoms with Crippen molar-refractivity contribution in [3.63, 3.8) is 0 Å². The van der Waals surface area contributed by atoms with Crippen LogP contribution in [-0.2, 0) is 9.59 Å². The van der Waals surface area contributed by atoms with Crippen molar-refractivity contribution in [1.29, 1.82) is 0 Å². The number of benzene rings is 2. The largest absolute Gasteiger partial charge is 0.481 e.